The minimum Gasteiger partial charge on any atom is -0.410 e. The molecule has 0 fully saturated rings. The highest BCUT2D eigenvalue weighted by Gasteiger charge is 2.34. The summed E-state index contributed by atoms with van der Waals surface area (Å²) in [5, 5.41) is 26.7. The van der Waals surface area contributed by atoms with Crippen molar-refractivity contribution in [3.8, 4) is 6.07 Å². The number of carbonyl (C=O) groups excluding carboxylic acids is 1. The minimum atomic E-state index is -1.02. The third-order valence-electron chi connectivity index (χ3n) is 2.29. The monoisotopic (exact) mass is 236 g/mol. The fourth-order valence-corrected chi connectivity index (χ4v) is 1.26. The molecule has 2 N–H and O–H groups in total. The molecule has 0 aliphatic carbocycles. The Morgan fingerprint density at radius 1 is 1.71 bits per heavy atom. The van der Waals surface area contributed by atoms with Crippen molar-refractivity contribution in [2.75, 3.05) is 7.05 Å². The van der Waals surface area contributed by atoms with E-state index in [-0.39, 0.29) is 11.5 Å². The van der Waals surface area contributed by atoms with E-state index in [4.69, 9.17) is 10.5 Å². The van der Waals surface area contributed by atoms with Crippen LogP contribution in [0.15, 0.2) is 11.5 Å². The van der Waals surface area contributed by atoms with Gasteiger partial charge in [-0.05, 0) is 13.8 Å². The van der Waals surface area contributed by atoms with Crippen molar-refractivity contribution in [1.82, 2.24) is 20.1 Å². The third kappa shape index (κ3) is 2.23. The highest BCUT2D eigenvalue weighted by Crippen LogP contribution is 2.16. The number of rotatable bonds is 3. The van der Waals surface area contributed by atoms with Crippen LogP contribution in [0.5, 0.6) is 0 Å². The van der Waals surface area contributed by atoms with Crippen LogP contribution in [-0.2, 0) is 10.3 Å². The van der Waals surface area contributed by atoms with Gasteiger partial charge in [-0.25, -0.2) is 9.67 Å². The highest BCUT2D eigenvalue weighted by molar-refractivity contribution is 6.41. The molecule has 0 aromatic carbocycles. The second kappa shape index (κ2) is 4.61. The first-order valence-electron chi connectivity index (χ1n) is 4.74. The van der Waals surface area contributed by atoms with E-state index < -0.39 is 11.4 Å². The number of nitriles is 1. The van der Waals surface area contributed by atoms with Crippen molar-refractivity contribution in [1.29, 1.82) is 5.26 Å². The maximum atomic E-state index is 11.5. The van der Waals surface area contributed by atoms with E-state index in [2.05, 4.69) is 20.6 Å². The number of nitrogens with zero attached hydrogens (tertiary/aromatic N) is 5. The van der Waals surface area contributed by atoms with Gasteiger partial charge in [-0.2, -0.15) is 5.26 Å². The van der Waals surface area contributed by atoms with Crippen LogP contribution >= 0.6 is 0 Å². The quantitative estimate of drug-likeness (QED) is 0.415. The van der Waals surface area contributed by atoms with E-state index in [0.29, 0.717) is 0 Å². The average Bonchev–Trinajstić information content (AvgIpc) is 2.78. The Labute approximate surface area is 97.6 Å². The molecule has 8 nitrogen and oxygen atoms in total. The molecule has 0 saturated carbocycles. The summed E-state index contributed by atoms with van der Waals surface area (Å²) in [5.41, 5.74) is -1.15. The second-order valence-electron chi connectivity index (χ2n) is 3.71. The molecule has 0 bridgehead atoms. The lowest BCUT2D eigenvalue weighted by Gasteiger charge is -2.24. The zero-order valence-electron chi connectivity index (χ0n) is 9.67. The molecule has 0 atom stereocenters. The Kier molecular flexibility index (Phi) is 3.43. The van der Waals surface area contributed by atoms with E-state index in [0.717, 1.165) is 0 Å². The van der Waals surface area contributed by atoms with E-state index in [1.165, 1.54) is 18.1 Å². The van der Waals surface area contributed by atoms with Gasteiger partial charge in [0.25, 0.3) is 11.7 Å². The molecule has 8 heteroatoms. The van der Waals surface area contributed by atoms with Gasteiger partial charge in [0.15, 0.2) is 5.71 Å². The molecular weight excluding hydrogens is 224 g/mol. The van der Waals surface area contributed by atoms with Gasteiger partial charge >= 0.3 is 0 Å². The summed E-state index contributed by atoms with van der Waals surface area (Å²) in [6, 6.07) is 1.77. The number of amides is 1. The first-order valence-corrected chi connectivity index (χ1v) is 4.74. The van der Waals surface area contributed by atoms with Crippen LogP contribution in [-0.4, -0.2) is 38.6 Å². The van der Waals surface area contributed by atoms with Crippen LogP contribution in [0.4, 0.5) is 0 Å². The van der Waals surface area contributed by atoms with E-state index in [9.17, 15) is 4.79 Å². The summed E-state index contributed by atoms with van der Waals surface area (Å²) in [5.74, 6) is -0.557. The molecule has 1 heterocycles. The lowest BCUT2D eigenvalue weighted by molar-refractivity contribution is -0.114. The maximum Gasteiger partial charge on any atom is 0.271 e. The molecular formula is C9H12N6O2. The molecule has 0 aliphatic heterocycles. The molecule has 1 aromatic heterocycles. The van der Waals surface area contributed by atoms with Gasteiger partial charge < -0.3 is 10.5 Å². The zero-order chi connectivity index (χ0) is 13.1. The fourth-order valence-electron chi connectivity index (χ4n) is 1.26. The number of hydrogen-bond acceptors (Lipinski definition) is 6. The van der Waals surface area contributed by atoms with Crippen molar-refractivity contribution in [2.24, 2.45) is 5.16 Å². The summed E-state index contributed by atoms with van der Waals surface area (Å²) >= 11 is 0. The highest BCUT2D eigenvalue weighted by atomic mass is 16.4. The summed E-state index contributed by atoms with van der Waals surface area (Å²) in [7, 11) is 1.42. The predicted octanol–water partition coefficient (Wildman–Crippen LogP) is -0.539. The van der Waals surface area contributed by atoms with E-state index in [1.54, 1.807) is 19.9 Å². The molecule has 17 heavy (non-hydrogen) atoms. The molecule has 1 amide bonds. The average molecular weight is 236 g/mol. The molecule has 1 aromatic rings. The fraction of sp³-hybridized carbons (Fsp3) is 0.444. The molecule has 0 aliphatic rings. The minimum absolute atomic E-state index is 0.0210. The van der Waals surface area contributed by atoms with Crippen molar-refractivity contribution < 1.29 is 10.0 Å². The van der Waals surface area contributed by atoms with Gasteiger partial charge in [-0.1, -0.05) is 5.16 Å². The summed E-state index contributed by atoms with van der Waals surface area (Å²) in [4.78, 5) is 15.2. The van der Waals surface area contributed by atoms with Gasteiger partial charge in [-0.3, -0.25) is 4.79 Å². The van der Waals surface area contributed by atoms with Gasteiger partial charge in [0.05, 0.1) is 0 Å². The molecule has 90 valence electrons. The largest absolute Gasteiger partial charge is 0.410 e. The third-order valence-corrected chi connectivity index (χ3v) is 2.29. The molecule has 0 spiro atoms. The zero-order valence-corrected chi connectivity index (χ0v) is 9.67. The topological polar surface area (TPSA) is 116 Å². The van der Waals surface area contributed by atoms with Crippen LogP contribution in [0.3, 0.4) is 0 Å². The first kappa shape index (κ1) is 12.6. The molecule has 1 rings (SSSR count). The van der Waals surface area contributed by atoms with Crippen molar-refractivity contribution in [2.45, 2.75) is 19.4 Å². The van der Waals surface area contributed by atoms with Crippen LogP contribution in [0.1, 0.15) is 19.7 Å². The lowest BCUT2D eigenvalue weighted by Crippen LogP contribution is -2.45. The normalized spacial score (nSPS) is 12.0. The number of carbonyl (C=O) groups is 1. The summed E-state index contributed by atoms with van der Waals surface area (Å²) < 4.78 is 1.29. The van der Waals surface area contributed by atoms with E-state index >= 15 is 0 Å². The smallest absolute Gasteiger partial charge is 0.271 e. The lowest BCUT2D eigenvalue weighted by atomic mass is 9.98. The number of oxime groups is 1. The van der Waals surface area contributed by atoms with Gasteiger partial charge in [0, 0.05) is 7.05 Å². The van der Waals surface area contributed by atoms with Crippen LogP contribution in [0.2, 0.25) is 0 Å². The first-order chi connectivity index (χ1) is 7.97. The standard InChI is InChI=1S/C9H12N6O2/c1-9(2,7(14-17)8(16)11-3)15-5-12-6(4-10)13-15/h5,17H,1-3H3,(H,11,16)/b14-7-. The van der Waals surface area contributed by atoms with Gasteiger partial charge in [0.1, 0.15) is 17.9 Å². The van der Waals surface area contributed by atoms with Gasteiger partial charge in [-0.15, -0.1) is 5.10 Å². The van der Waals surface area contributed by atoms with Crippen molar-refractivity contribution in [3.05, 3.63) is 12.2 Å². The maximum absolute atomic E-state index is 11.5. The molecule has 0 saturated heterocycles. The van der Waals surface area contributed by atoms with Crippen molar-refractivity contribution >= 4 is 11.6 Å². The van der Waals surface area contributed by atoms with Crippen LogP contribution in [0, 0.1) is 11.3 Å². The molecule has 0 radical (unpaired) electrons. The summed E-state index contributed by atoms with van der Waals surface area (Å²) in [6.45, 7) is 3.24. The Hall–Kier alpha value is -2.43. The van der Waals surface area contributed by atoms with E-state index in [1.807, 2.05) is 0 Å². The summed E-state index contributed by atoms with van der Waals surface area (Å²) in [6.07, 6.45) is 1.30. The Bertz CT molecular complexity index is 496. The SMILES string of the molecule is CNC(=O)/C(=N/O)C(C)(C)n1cnc(C#N)n1. The Balaban J connectivity index is 3.18. The van der Waals surface area contributed by atoms with Gasteiger partial charge in [0.2, 0.25) is 0 Å². The second-order valence-corrected chi connectivity index (χ2v) is 3.71. The van der Waals surface area contributed by atoms with Crippen LogP contribution < -0.4 is 5.32 Å². The molecule has 0 unspecified atom stereocenters. The Morgan fingerprint density at radius 2 is 2.35 bits per heavy atom. The van der Waals surface area contributed by atoms with Crippen LogP contribution in [0.25, 0.3) is 0 Å². The number of nitrogens with one attached hydrogen (secondary N) is 1. The van der Waals surface area contributed by atoms with Crippen molar-refractivity contribution in [3.63, 3.8) is 0 Å². The number of aromatic nitrogens is 3. The predicted molar refractivity (Wildman–Crippen MR) is 57.3 cm³/mol. The number of hydrogen-bond donors (Lipinski definition) is 2. The Morgan fingerprint density at radius 3 is 2.76 bits per heavy atom.